The summed E-state index contributed by atoms with van der Waals surface area (Å²) in [7, 11) is 0. The van der Waals surface area contributed by atoms with E-state index in [0.29, 0.717) is 12.2 Å². The fourth-order valence-corrected chi connectivity index (χ4v) is 9.07. The Morgan fingerprint density at radius 2 is 0.853 bits per heavy atom. The number of aliphatic hydroxyl groups excluding tert-OH is 17. The van der Waals surface area contributed by atoms with E-state index in [1.54, 1.807) is 0 Å². The molecule has 0 spiro atoms. The summed E-state index contributed by atoms with van der Waals surface area (Å²) in [5, 5.41) is 233. The van der Waals surface area contributed by atoms with Crippen molar-refractivity contribution in [1.29, 1.82) is 0 Å². The number of carbonyl (C=O) groups is 4. The van der Waals surface area contributed by atoms with Crippen LogP contribution in [0.5, 0.6) is 11.5 Å². The molecule has 2 aromatic rings. The number of hydrogen-bond donors (Lipinski definition) is 21. The zero-order valence-corrected chi connectivity index (χ0v) is 38.6. The number of ketones is 4. The van der Waals surface area contributed by atoms with Gasteiger partial charge in [-0.3, -0.25) is 19.2 Å². The first-order valence-corrected chi connectivity index (χ1v) is 22.4. The third-order valence-corrected chi connectivity index (χ3v) is 13.3. The molecule has 408 valence electrons. The second-order valence-corrected chi connectivity index (χ2v) is 17.9. The summed E-state index contributed by atoms with van der Waals surface area (Å²) in [5.74, 6) is -20.2. The molecule has 4 aliphatic rings. The number of carbonyl (C=O) groups excluding carboxylic acids is 4. The van der Waals surface area contributed by atoms with Gasteiger partial charge in [-0.15, -0.1) is 0 Å². The van der Waals surface area contributed by atoms with Gasteiger partial charge in [-0.25, -0.2) is 0 Å². The van der Waals surface area contributed by atoms with Crippen molar-refractivity contribution in [3.8, 4) is 11.5 Å². The van der Waals surface area contributed by atoms with Crippen LogP contribution in [-0.2, 0) is 28.7 Å². The van der Waals surface area contributed by atoms with E-state index < -0.39 is 191 Å². The minimum absolute atomic E-state index is 0.0960. The molecule has 0 bridgehead atoms. The van der Waals surface area contributed by atoms with Gasteiger partial charge in [-0.2, -0.15) is 0 Å². The van der Waals surface area contributed by atoms with Crippen LogP contribution in [0.2, 0.25) is 0 Å². The predicted octanol–water partition coefficient (Wildman–Crippen LogP) is -6.42. The molecule has 27 nitrogen and oxygen atoms in total. The Hall–Kier alpha value is -6.32. The van der Waals surface area contributed by atoms with Gasteiger partial charge in [0, 0.05) is 0 Å². The maximum atomic E-state index is 15.3. The highest BCUT2D eigenvalue weighted by Crippen LogP contribution is 2.48. The Morgan fingerprint density at radius 3 is 1.17 bits per heavy atom. The van der Waals surface area contributed by atoms with Gasteiger partial charge >= 0.3 is 0 Å². The lowest BCUT2D eigenvalue weighted by Crippen LogP contribution is -2.72. The summed E-state index contributed by atoms with van der Waals surface area (Å²) in [5.41, 5.74) is -15.7. The summed E-state index contributed by atoms with van der Waals surface area (Å²) in [4.78, 5) is 60.1. The molecule has 2 aliphatic carbocycles. The van der Waals surface area contributed by atoms with E-state index >= 15 is 9.59 Å². The number of phenols is 2. The number of Topliss-reactive ketones (excluding diaryl/α,β-unsaturated/α-hetero) is 4. The highest BCUT2D eigenvalue weighted by Gasteiger charge is 2.68. The molecular weight excluding hydrogens is 1010 g/mol. The first-order valence-electron chi connectivity index (χ1n) is 22.4. The maximum absolute atomic E-state index is 15.3. The summed E-state index contributed by atoms with van der Waals surface area (Å²) in [6.45, 7) is -4.07. The SMILES string of the molecule is O=C1C(C(C2=C(O)/C(=C(O)/C=C\c3ccc(O)cc3)C(=O)C(O)([C@@H]3O[C@H](CO)[C@@H](O)[C@H](O)[C@H]3O)C2=O)C(O)C(O)C(O)C(O)CO)=C(O)/C(=C(O)/C=C\c2ccc(O)cc2)C(=O)C1(O)[C@@H]1O[C@H](CO)[C@@H](O)[C@H](O)[C@H]1O. The fraction of sp³-hybridized carbons (Fsp3) is 0.417. The van der Waals surface area contributed by atoms with Crippen LogP contribution >= 0.6 is 0 Å². The highest BCUT2D eigenvalue weighted by atomic mass is 16.6. The normalized spacial score (nSPS) is 34.5. The van der Waals surface area contributed by atoms with E-state index in [-0.39, 0.29) is 22.6 Å². The molecule has 0 aromatic heterocycles. The molecule has 6 rings (SSSR count). The number of phenolic OH excluding ortho intramolecular Hbond substituents is 2. The van der Waals surface area contributed by atoms with Gasteiger partial charge in [0.05, 0.1) is 43.0 Å². The van der Waals surface area contributed by atoms with Crippen LogP contribution in [0.3, 0.4) is 0 Å². The van der Waals surface area contributed by atoms with Gasteiger partial charge in [0.1, 0.15) is 125 Å². The zero-order valence-electron chi connectivity index (χ0n) is 38.6. The van der Waals surface area contributed by atoms with Crippen molar-refractivity contribution >= 4 is 35.3 Å². The number of benzene rings is 2. The van der Waals surface area contributed by atoms with Crippen molar-refractivity contribution in [2.75, 3.05) is 19.8 Å². The number of aromatic hydroxyl groups is 2. The van der Waals surface area contributed by atoms with Crippen LogP contribution in [0.15, 0.2) is 106 Å². The lowest BCUT2D eigenvalue weighted by Gasteiger charge is -2.48. The molecule has 27 heteroatoms. The standard InChI is InChI=1S/C48H54O27/c49-13-22(56)30(57)36(63)35(62)27(28-33(60)25(20(54)11-5-16-1-7-18(52)8-2-16)41(68)47(72,43(28)70)45-39(66)37(64)31(58)23(14-50)74-45)29-34(61)26(21(55)12-6-17-3-9-19(53)10-4-17)42(69)48(73,44(29)71)46-40(67)38(65)32(59)24(15-51)75-46/h1-12,22-24,27,30-32,35-40,45-46,49-67,72-73H,13-15H2/b11-5-,12-6-,25-20+,26-21+/t22?,23-,24-,27?,30?,31-,32-,35?,36?,37+,38+,39-,40-,45-,46-,47?,48?/m1/s1. The van der Waals surface area contributed by atoms with Crippen molar-refractivity contribution in [2.24, 2.45) is 5.92 Å². The van der Waals surface area contributed by atoms with Gasteiger partial charge in [0.25, 0.3) is 0 Å². The molecule has 16 atom stereocenters. The van der Waals surface area contributed by atoms with Crippen molar-refractivity contribution < 1.29 is 136 Å². The van der Waals surface area contributed by atoms with E-state index in [4.69, 9.17) is 9.47 Å². The second-order valence-electron chi connectivity index (χ2n) is 17.9. The Labute approximate surface area is 421 Å². The van der Waals surface area contributed by atoms with E-state index in [1.807, 2.05) is 0 Å². The molecule has 2 fully saturated rings. The van der Waals surface area contributed by atoms with Crippen LogP contribution in [0.1, 0.15) is 11.1 Å². The Kier molecular flexibility index (Phi) is 17.4. The Balaban J connectivity index is 1.77. The van der Waals surface area contributed by atoms with Crippen LogP contribution in [0, 0.1) is 5.92 Å². The molecule has 2 heterocycles. The monoisotopic (exact) mass is 1060 g/mol. The first-order chi connectivity index (χ1) is 35.2. The van der Waals surface area contributed by atoms with Gasteiger partial charge in [0.2, 0.25) is 34.3 Å². The van der Waals surface area contributed by atoms with Crippen LogP contribution < -0.4 is 0 Å². The van der Waals surface area contributed by atoms with Gasteiger partial charge in [-0.05, 0) is 47.5 Å². The Morgan fingerprint density at radius 1 is 0.507 bits per heavy atom. The lowest BCUT2D eigenvalue weighted by molar-refractivity contribution is -0.261. The number of allylic oxidation sites excluding steroid dienone is 4. The quantitative estimate of drug-likeness (QED) is 0.0448. The van der Waals surface area contributed by atoms with Crippen molar-refractivity contribution in [1.82, 2.24) is 0 Å². The molecule has 0 radical (unpaired) electrons. The van der Waals surface area contributed by atoms with Crippen molar-refractivity contribution in [3.05, 3.63) is 117 Å². The lowest BCUT2D eigenvalue weighted by atomic mass is 9.62. The smallest absolute Gasteiger partial charge is 0.219 e. The van der Waals surface area contributed by atoms with Gasteiger partial charge in [-0.1, -0.05) is 36.4 Å². The predicted molar refractivity (Wildman–Crippen MR) is 245 cm³/mol. The molecule has 2 saturated heterocycles. The number of ether oxygens (including phenoxy) is 2. The molecule has 0 amide bonds. The fourth-order valence-electron chi connectivity index (χ4n) is 9.07. The molecule has 75 heavy (non-hydrogen) atoms. The minimum atomic E-state index is -4.30. The summed E-state index contributed by atoms with van der Waals surface area (Å²) >= 11 is 0. The summed E-state index contributed by atoms with van der Waals surface area (Å²) in [6, 6.07) is 9.47. The molecule has 2 aliphatic heterocycles. The zero-order chi connectivity index (χ0) is 55.9. The van der Waals surface area contributed by atoms with E-state index in [1.165, 1.54) is 24.3 Å². The van der Waals surface area contributed by atoms with Gasteiger partial charge in [0.15, 0.2) is 0 Å². The van der Waals surface area contributed by atoms with Crippen LogP contribution in [0.25, 0.3) is 12.2 Å². The molecular formula is C48H54O27. The minimum Gasteiger partial charge on any atom is -0.508 e. The molecule has 21 N–H and O–H groups in total. The van der Waals surface area contributed by atoms with E-state index in [0.717, 1.165) is 36.4 Å². The third-order valence-electron chi connectivity index (χ3n) is 13.3. The van der Waals surface area contributed by atoms with Crippen LogP contribution in [-0.4, -0.2) is 247 Å². The topological polar surface area (TPSA) is 512 Å². The van der Waals surface area contributed by atoms with E-state index in [9.17, 15) is 117 Å². The Bertz CT molecular complexity index is 2530. The average Bonchev–Trinajstić information content (AvgIpc) is 3.39. The van der Waals surface area contributed by atoms with Crippen molar-refractivity contribution in [2.45, 2.75) is 96.7 Å². The summed E-state index contributed by atoms with van der Waals surface area (Å²) < 4.78 is 10.7. The highest BCUT2D eigenvalue weighted by molar-refractivity contribution is 6.31. The first kappa shape index (κ1) is 57.9. The largest absolute Gasteiger partial charge is 0.508 e. The third kappa shape index (κ3) is 10.1. The molecule has 2 aromatic carbocycles. The van der Waals surface area contributed by atoms with Gasteiger partial charge < -0.3 is 117 Å². The summed E-state index contributed by atoms with van der Waals surface area (Å²) in [6.07, 6.45) is -34.3. The average molecular weight is 1060 g/mol. The molecule has 6 unspecified atom stereocenters. The maximum Gasteiger partial charge on any atom is 0.219 e. The number of rotatable bonds is 15. The number of hydrogen-bond acceptors (Lipinski definition) is 27. The number of aliphatic hydroxyl groups is 19. The molecule has 0 saturated carbocycles. The van der Waals surface area contributed by atoms with E-state index in [2.05, 4.69) is 0 Å². The second kappa shape index (κ2) is 22.5. The van der Waals surface area contributed by atoms with Crippen molar-refractivity contribution in [3.63, 3.8) is 0 Å². The van der Waals surface area contributed by atoms with Crippen LogP contribution in [0.4, 0.5) is 0 Å².